The van der Waals surface area contributed by atoms with Gasteiger partial charge in [-0.15, -0.1) is 0 Å². The lowest BCUT2D eigenvalue weighted by Gasteiger charge is -2.16. The maximum Gasteiger partial charge on any atom is 0.306 e. The molecule has 6 heteroatoms. The maximum atomic E-state index is 12.0. The van der Waals surface area contributed by atoms with Crippen LogP contribution in [0, 0.1) is 17.8 Å². The maximum absolute atomic E-state index is 12.0. The fourth-order valence-corrected chi connectivity index (χ4v) is 2.62. The molecule has 2 atom stereocenters. The highest BCUT2D eigenvalue weighted by atomic mass is 16.4. The lowest BCUT2D eigenvalue weighted by atomic mass is 10.1. The van der Waals surface area contributed by atoms with E-state index in [-0.39, 0.29) is 23.7 Å². The highest BCUT2D eigenvalue weighted by Crippen LogP contribution is 2.31. The van der Waals surface area contributed by atoms with Crippen LogP contribution in [0.2, 0.25) is 0 Å². The van der Waals surface area contributed by atoms with Crippen molar-refractivity contribution in [1.29, 1.82) is 0 Å². The number of nitrogens with zero attached hydrogens (tertiary/aromatic N) is 1. The quantitative estimate of drug-likeness (QED) is 0.650. The van der Waals surface area contributed by atoms with E-state index in [0.29, 0.717) is 38.3 Å². The second kappa shape index (κ2) is 6.91. The highest BCUT2D eigenvalue weighted by molar-refractivity contribution is 5.89. The van der Waals surface area contributed by atoms with Gasteiger partial charge in [-0.1, -0.05) is 6.92 Å². The number of carboxylic acids is 1. The van der Waals surface area contributed by atoms with Crippen molar-refractivity contribution in [2.45, 2.75) is 39.0 Å². The predicted octanol–water partition coefficient (Wildman–Crippen LogP) is 0.862. The molecule has 0 radical (unpaired) electrons. The standard InChI is InChI=1S/C15H24N2O4/c1-10(15(20)21)3-2-6-16-14(19)12-7-13(18)17(9-12)8-11-4-5-11/h10-12H,2-9H2,1H3,(H,16,19)(H,20,21). The summed E-state index contributed by atoms with van der Waals surface area (Å²) in [6.45, 7) is 3.48. The number of carbonyl (C=O) groups is 3. The van der Waals surface area contributed by atoms with Gasteiger partial charge in [-0.3, -0.25) is 14.4 Å². The van der Waals surface area contributed by atoms with Crippen LogP contribution in [-0.4, -0.2) is 47.4 Å². The Morgan fingerprint density at radius 1 is 1.43 bits per heavy atom. The minimum atomic E-state index is -0.807. The molecule has 0 spiro atoms. The van der Waals surface area contributed by atoms with Gasteiger partial charge in [-0.2, -0.15) is 0 Å². The van der Waals surface area contributed by atoms with Gasteiger partial charge in [0, 0.05) is 26.1 Å². The SMILES string of the molecule is CC(CCCNC(=O)C1CC(=O)N(CC2CC2)C1)C(=O)O. The first-order chi connectivity index (χ1) is 9.97. The van der Waals surface area contributed by atoms with E-state index in [1.54, 1.807) is 6.92 Å². The molecule has 1 saturated carbocycles. The molecule has 2 aliphatic rings. The van der Waals surface area contributed by atoms with Gasteiger partial charge in [0.05, 0.1) is 11.8 Å². The van der Waals surface area contributed by atoms with E-state index in [9.17, 15) is 14.4 Å². The van der Waals surface area contributed by atoms with Crippen LogP contribution in [0.5, 0.6) is 0 Å². The average molecular weight is 296 g/mol. The Morgan fingerprint density at radius 3 is 2.76 bits per heavy atom. The predicted molar refractivity (Wildman–Crippen MR) is 76.5 cm³/mol. The Balaban J connectivity index is 1.64. The summed E-state index contributed by atoms with van der Waals surface area (Å²) in [4.78, 5) is 36.3. The van der Waals surface area contributed by atoms with Crippen LogP contribution in [0.4, 0.5) is 0 Å². The number of hydrogen-bond donors (Lipinski definition) is 2. The van der Waals surface area contributed by atoms with Crippen molar-refractivity contribution in [3.63, 3.8) is 0 Å². The normalized spacial score (nSPS) is 23.2. The van der Waals surface area contributed by atoms with Gasteiger partial charge in [-0.25, -0.2) is 0 Å². The third-order valence-electron chi connectivity index (χ3n) is 4.30. The van der Waals surface area contributed by atoms with E-state index < -0.39 is 5.97 Å². The zero-order chi connectivity index (χ0) is 15.4. The van der Waals surface area contributed by atoms with Crippen molar-refractivity contribution in [1.82, 2.24) is 10.2 Å². The van der Waals surface area contributed by atoms with Crippen molar-refractivity contribution in [3.8, 4) is 0 Å². The molecule has 0 aromatic rings. The molecule has 2 amide bonds. The van der Waals surface area contributed by atoms with E-state index in [4.69, 9.17) is 5.11 Å². The first kappa shape index (κ1) is 15.8. The summed E-state index contributed by atoms with van der Waals surface area (Å²) in [6, 6.07) is 0. The van der Waals surface area contributed by atoms with Crippen molar-refractivity contribution in [2.75, 3.05) is 19.6 Å². The Hall–Kier alpha value is -1.59. The van der Waals surface area contributed by atoms with Gasteiger partial charge in [0.25, 0.3) is 0 Å². The van der Waals surface area contributed by atoms with Gasteiger partial charge >= 0.3 is 5.97 Å². The molecular formula is C15H24N2O4. The van der Waals surface area contributed by atoms with E-state index in [0.717, 1.165) is 6.54 Å². The van der Waals surface area contributed by atoms with E-state index >= 15 is 0 Å². The molecule has 0 aromatic heterocycles. The number of nitrogens with one attached hydrogen (secondary N) is 1. The minimum absolute atomic E-state index is 0.0791. The molecule has 1 heterocycles. The van der Waals surface area contributed by atoms with Crippen LogP contribution in [0.15, 0.2) is 0 Å². The third kappa shape index (κ3) is 4.72. The molecule has 2 unspecified atom stereocenters. The molecule has 0 aromatic carbocycles. The van der Waals surface area contributed by atoms with Crippen molar-refractivity contribution in [3.05, 3.63) is 0 Å². The molecule has 2 fully saturated rings. The lowest BCUT2D eigenvalue weighted by molar-refractivity contribution is -0.141. The summed E-state index contributed by atoms with van der Waals surface area (Å²) in [5.74, 6) is -0.782. The van der Waals surface area contributed by atoms with Crippen LogP contribution in [0.3, 0.4) is 0 Å². The van der Waals surface area contributed by atoms with Gasteiger partial charge < -0.3 is 15.3 Å². The monoisotopic (exact) mass is 296 g/mol. The Morgan fingerprint density at radius 2 is 2.14 bits per heavy atom. The lowest BCUT2D eigenvalue weighted by Crippen LogP contribution is -2.34. The Kier molecular flexibility index (Phi) is 5.20. The highest BCUT2D eigenvalue weighted by Gasteiger charge is 2.36. The topological polar surface area (TPSA) is 86.7 Å². The molecule has 0 bridgehead atoms. The Bertz CT molecular complexity index is 420. The summed E-state index contributed by atoms with van der Waals surface area (Å²) in [5.41, 5.74) is 0. The van der Waals surface area contributed by atoms with Crippen LogP contribution in [0.1, 0.15) is 39.0 Å². The van der Waals surface area contributed by atoms with Crippen LogP contribution < -0.4 is 5.32 Å². The van der Waals surface area contributed by atoms with Crippen LogP contribution >= 0.6 is 0 Å². The van der Waals surface area contributed by atoms with Crippen LogP contribution in [0.25, 0.3) is 0 Å². The number of rotatable bonds is 8. The minimum Gasteiger partial charge on any atom is -0.481 e. The van der Waals surface area contributed by atoms with Crippen LogP contribution in [-0.2, 0) is 14.4 Å². The number of carboxylic acid groups (broad SMARTS) is 1. The number of carbonyl (C=O) groups excluding carboxylic acids is 2. The first-order valence-corrected chi connectivity index (χ1v) is 7.75. The number of hydrogen-bond acceptors (Lipinski definition) is 3. The van der Waals surface area contributed by atoms with Gasteiger partial charge in [0.2, 0.25) is 11.8 Å². The summed E-state index contributed by atoms with van der Waals surface area (Å²) in [7, 11) is 0. The van der Waals surface area contributed by atoms with Crippen molar-refractivity contribution in [2.24, 2.45) is 17.8 Å². The van der Waals surface area contributed by atoms with Crippen molar-refractivity contribution >= 4 is 17.8 Å². The van der Waals surface area contributed by atoms with Gasteiger partial charge in [0.1, 0.15) is 0 Å². The molecule has 118 valence electrons. The van der Waals surface area contributed by atoms with Gasteiger partial charge in [-0.05, 0) is 31.6 Å². The smallest absolute Gasteiger partial charge is 0.306 e. The summed E-state index contributed by atoms with van der Waals surface area (Å²) >= 11 is 0. The number of amides is 2. The van der Waals surface area contributed by atoms with E-state index in [1.807, 2.05) is 4.90 Å². The molecular weight excluding hydrogens is 272 g/mol. The number of likely N-dealkylation sites (tertiary alicyclic amines) is 1. The fourth-order valence-electron chi connectivity index (χ4n) is 2.62. The molecule has 1 saturated heterocycles. The zero-order valence-electron chi connectivity index (χ0n) is 12.5. The molecule has 2 rings (SSSR count). The Labute approximate surface area is 124 Å². The van der Waals surface area contributed by atoms with Crippen molar-refractivity contribution < 1.29 is 19.5 Å². The second-order valence-electron chi connectivity index (χ2n) is 6.32. The number of aliphatic carboxylic acids is 1. The zero-order valence-corrected chi connectivity index (χ0v) is 12.5. The van der Waals surface area contributed by atoms with E-state index in [1.165, 1.54) is 12.8 Å². The molecule has 1 aliphatic heterocycles. The fraction of sp³-hybridized carbons (Fsp3) is 0.800. The summed E-state index contributed by atoms with van der Waals surface area (Å²) in [5, 5.41) is 11.6. The molecule has 2 N–H and O–H groups in total. The summed E-state index contributed by atoms with van der Waals surface area (Å²) < 4.78 is 0. The molecule has 21 heavy (non-hydrogen) atoms. The molecule has 1 aliphatic carbocycles. The van der Waals surface area contributed by atoms with E-state index in [2.05, 4.69) is 5.32 Å². The molecule has 6 nitrogen and oxygen atoms in total. The summed E-state index contributed by atoms with van der Waals surface area (Å²) in [6.07, 6.45) is 3.90. The largest absolute Gasteiger partial charge is 0.481 e. The van der Waals surface area contributed by atoms with Gasteiger partial charge in [0.15, 0.2) is 0 Å². The second-order valence-corrected chi connectivity index (χ2v) is 6.32. The average Bonchev–Trinajstić information content (AvgIpc) is 3.17. The first-order valence-electron chi connectivity index (χ1n) is 7.75. The third-order valence-corrected chi connectivity index (χ3v) is 4.30.